The maximum absolute atomic E-state index is 13.2. The van der Waals surface area contributed by atoms with Gasteiger partial charge < -0.3 is 20.3 Å². The number of ether oxygens (including phenoxy) is 1. The predicted molar refractivity (Wildman–Crippen MR) is 124 cm³/mol. The van der Waals surface area contributed by atoms with Crippen LogP contribution in [-0.2, 0) is 0 Å². The molecule has 6 nitrogen and oxygen atoms in total. The van der Waals surface area contributed by atoms with Crippen LogP contribution in [0, 0.1) is 0 Å². The largest absolute Gasteiger partial charge is 0.435 e. The van der Waals surface area contributed by atoms with Crippen molar-refractivity contribution >= 4 is 34.5 Å². The fraction of sp³-hybridized carbons (Fsp3) is 0.250. The van der Waals surface area contributed by atoms with Gasteiger partial charge in [0.15, 0.2) is 0 Å². The lowest BCUT2D eigenvalue weighted by Gasteiger charge is -2.32. The molecule has 1 aliphatic rings. The summed E-state index contributed by atoms with van der Waals surface area (Å²) in [5, 5.41) is 9.90. The molecule has 2 amide bonds. The molecular weight excluding hydrogens is 448 g/mol. The van der Waals surface area contributed by atoms with Gasteiger partial charge in [-0.15, -0.1) is 0 Å². The first-order chi connectivity index (χ1) is 16.0. The Morgan fingerprint density at radius 1 is 1.03 bits per heavy atom. The normalized spacial score (nSPS) is 14.2. The van der Waals surface area contributed by atoms with Gasteiger partial charge in [0.05, 0.1) is 11.3 Å². The summed E-state index contributed by atoms with van der Waals surface area (Å²) in [6.07, 6.45) is 1.37. The summed E-state index contributed by atoms with van der Waals surface area (Å²) in [6.45, 7) is -1.79. The molecule has 172 valence electrons. The number of benzene rings is 2. The zero-order valence-electron chi connectivity index (χ0n) is 17.7. The van der Waals surface area contributed by atoms with Crippen LogP contribution in [-0.4, -0.2) is 42.5 Å². The van der Waals surface area contributed by atoms with Crippen molar-refractivity contribution in [3.63, 3.8) is 0 Å². The van der Waals surface area contributed by atoms with Crippen LogP contribution in [0.2, 0.25) is 0 Å². The van der Waals surface area contributed by atoms with E-state index in [9.17, 15) is 18.4 Å². The van der Waals surface area contributed by atoms with Crippen molar-refractivity contribution in [2.75, 3.05) is 18.4 Å². The Labute approximate surface area is 194 Å². The summed E-state index contributed by atoms with van der Waals surface area (Å²) in [5.74, 6) is -0.118. The number of carbonyl (C=O) groups excluding carboxylic acids is 2. The average Bonchev–Trinajstić information content (AvgIpc) is 3.36. The number of nitrogens with one attached hydrogen (secondary N) is 2. The Kier molecular flexibility index (Phi) is 7.19. The smallest absolute Gasteiger partial charge is 0.387 e. The number of alkyl halides is 2. The minimum atomic E-state index is -2.88. The van der Waals surface area contributed by atoms with Gasteiger partial charge in [-0.3, -0.25) is 9.59 Å². The molecule has 1 aromatic heterocycles. The van der Waals surface area contributed by atoms with Crippen molar-refractivity contribution in [3.8, 4) is 5.75 Å². The van der Waals surface area contributed by atoms with E-state index in [2.05, 4.69) is 15.4 Å². The molecule has 9 heteroatoms. The van der Waals surface area contributed by atoms with Crippen LogP contribution in [0.4, 0.5) is 20.2 Å². The van der Waals surface area contributed by atoms with Gasteiger partial charge in [-0.1, -0.05) is 12.1 Å². The van der Waals surface area contributed by atoms with Gasteiger partial charge >= 0.3 is 6.61 Å². The van der Waals surface area contributed by atoms with Gasteiger partial charge in [-0.05, 0) is 60.7 Å². The molecule has 0 unspecified atom stereocenters. The Hall–Kier alpha value is -3.46. The van der Waals surface area contributed by atoms with Gasteiger partial charge in [0.1, 0.15) is 5.75 Å². The number of nitrogens with zero attached hydrogens (tertiary/aromatic N) is 1. The van der Waals surface area contributed by atoms with E-state index in [0.717, 1.165) is 0 Å². The number of rotatable bonds is 7. The average molecular weight is 472 g/mol. The van der Waals surface area contributed by atoms with Crippen LogP contribution in [0.5, 0.6) is 5.75 Å². The van der Waals surface area contributed by atoms with Crippen molar-refractivity contribution in [1.29, 1.82) is 0 Å². The molecule has 0 radical (unpaired) electrons. The van der Waals surface area contributed by atoms with E-state index < -0.39 is 6.61 Å². The first kappa shape index (κ1) is 22.7. The lowest BCUT2D eigenvalue weighted by atomic mass is 10.0. The first-order valence-electron chi connectivity index (χ1n) is 10.5. The molecule has 0 saturated carbocycles. The fourth-order valence-corrected chi connectivity index (χ4v) is 4.35. The van der Waals surface area contributed by atoms with Crippen molar-refractivity contribution in [1.82, 2.24) is 10.2 Å². The van der Waals surface area contributed by atoms with E-state index >= 15 is 0 Å². The molecular formula is C24H23F2N3O3S. The van der Waals surface area contributed by atoms with Crippen molar-refractivity contribution in [3.05, 3.63) is 76.5 Å². The Morgan fingerprint density at radius 3 is 2.42 bits per heavy atom. The molecule has 33 heavy (non-hydrogen) atoms. The second kappa shape index (κ2) is 10.4. The summed E-state index contributed by atoms with van der Waals surface area (Å²) in [4.78, 5) is 27.2. The molecule has 0 spiro atoms. The molecule has 1 aliphatic heterocycles. The SMILES string of the molecule is O=C(NC1CCN(C(=O)c2ccccc2Nc2ccc(OC(F)F)cc2)CC1)c1ccsc1. The molecule has 4 rings (SSSR count). The predicted octanol–water partition coefficient (Wildman–Crippen LogP) is 5.13. The minimum Gasteiger partial charge on any atom is -0.435 e. The summed E-state index contributed by atoms with van der Waals surface area (Å²) in [6, 6.07) is 15.1. The first-order valence-corrected chi connectivity index (χ1v) is 11.5. The zero-order chi connectivity index (χ0) is 23.2. The fourth-order valence-electron chi connectivity index (χ4n) is 3.71. The van der Waals surface area contributed by atoms with Gasteiger partial charge in [-0.25, -0.2) is 0 Å². The summed E-state index contributed by atoms with van der Waals surface area (Å²) in [7, 11) is 0. The highest BCUT2D eigenvalue weighted by molar-refractivity contribution is 7.08. The number of piperidine rings is 1. The monoisotopic (exact) mass is 471 g/mol. The molecule has 2 N–H and O–H groups in total. The van der Waals surface area contributed by atoms with Crippen molar-refractivity contribution in [2.45, 2.75) is 25.5 Å². The molecule has 1 fully saturated rings. The number of hydrogen-bond donors (Lipinski definition) is 2. The number of amides is 2. The highest BCUT2D eigenvalue weighted by atomic mass is 32.1. The number of halogens is 2. The van der Waals surface area contributed by atoms with E-state index in [-0.39, 0.29) is 23.6 Å². The van der Waals surface area contributed by atoms with Crippen molar-refractivity contribution < 1.29 is 23.1 Å². The standard InChI is InChI=1S/C24H23F2N3O3S/c25-24(26)32-19-7-5-17(6-8-19)27-21-4-2-1-3-20(21)23(31)29-12-9-18(10-13-29)28-22(30)16-11-14-33-15-16/h1-8,11,14-15,18,24,27H,9-10,12-13H2,(H,28,30). The van der Waals surface area contributed by atoms with Crippen molar-refractivity contribution in [2.24, 2.45) is 0 Å². The summed E-state index contributed by atoms with van der Waals surface area (Å²) in [5.41, 5.74) is 2.45. The van der Waals surface area contributed by atoms with E-state index in [4.69, 9.17) is 0 Å². The van der Waals surface area contributed by atoms with E-state index in [0.29, 0.717) is 48.4 Å². The number of thiophene rings is 1. The van der Waals surface area contributed by atoms with Gasteiger partial charge in [-0.2, -0.15) is 20.1 Å². The molecule has 1 saturated heterocycles. The maximum atomic E-state index is 13.2. The number of hydrogen-bond acceptors (Lipinski definition) is 5. The molecule has 0 bridgehead atoms. The third-order valence-electron chi connectivity index (χ3n) is 5.42. The number of anilines is 2. The third-order valence-corrected chi connectivity index (χ3v) is 6.10. The molecule has 3 aromatic rings. The Balaban J connectivity index is 1.37. The number of carbonyl (C=O) groups is 2. The second-order valence-corrected chi connectivity index (χ2v) is 8.41. The minimum absolute atomic E-state index is 0.0313. The lowest BCUT2D eigenvalue weighted by Crippen LogP contribution is -2.46. The van der Waals surface area contributed by atoms with Gasteiger partial charge in [0.2, 0.25) is 0 Å². The zero-order valence-corrected chi connectivity index (χ0v) is 18.5. The Bertz CT molecular complexity index is 1080. The molecule has 0 aliphatic carbocycles. The molecule has 0 atom stereocenters. The summed E-state index contributed by atoms with van der Waals surface area (Å²) < 4.78 is 29.0. The summed E-state index contributed by atoms with van der Waals surface area (Å²) >= 11 is 1.48. The highest BCUT2D eigenvalue weighted by Crippen LogP contribution is 2.25. The maximum Gasteiger partial charge on any atom is 0.387 e. The number of likely N-dealkylation sites (tertiary alicyclic amines) is 1. The van der Waals surface area contributed by atoms with E-state index in [1.54, 1.807) is 41.3 Å². The van der Waals surface area contributed by atoms with Gasteiger partial charge in [0.25, 0.3) is 11.8 Å². The molecule has 2 heterocycles. The quantitative estimate of drug-likeness (QED) is 0.501. The number of para-hydroxylation sites is 1. The van der Waals surface area contributed by atoms with Crippen LogP contribution in [0.25, 0.3) is 0 Å². The van der Waals surface area contributed by atoms with Crippen LogP contribution < -0.4 is 15.4 Å². The van der Waals surface area contributed by atoms with Crippen LogP contribution in [0.3, 0.4) is 0 Å². The topological polar surface area (TPSA) is 70.7 Å². The van der Waals surface area contributed by atoms with Gasteiger partial charge in [0, 0.05) is 35.8 Å². The third kappa shape index (κ3) is 5.87. The van der Waals surface area contributed by atoms with Crippen LogP contribution in [0.15, 0.2) is 65.4 Å². The molecule has 2 aromatic carbocycles. The van der Waals surface area contributed by atoms with Crippen LogP contribution in [0.1, 0.15) is 33.6 Å². The highest BCUT2D eigenvalue weighted by Gasteiger charge is 2.26. The van der Waals surface area contributed by atoms with E-state index in [1.165, 1.54) is 23.5 Å². The Morgan fingerprint density at radius 2 is 1.76 bits per heavy atom. The lowest BCUT2D eigenvalue weighted by molar-refractivity contribution is -0.0498. The van der Waals surface area contributed by atoms with E-state index in [1.807, 2.05) is 16.8 Å². The van der Waals surface area contributed by atoms with Crippen LogP contribution >= 0.6 is 11.3 Å². The second-order valence-electron chi connectivity index (χ2n) is 7.63.